The second-order valence-electron chi connectivity index (χ2n) is 16.5. The van der Waals surface area contributed by atoms with Crippen LogP contribution in [0.5, 0.6) is 11.5 Å². The highest BCUT2D eigenvalue weighted by Crippen LogP contribution is 2.40. The first-order valence-electron chi connectivity index (χ1n) is 20.1. The van der Waals surface area contributed by atoms with E-state index in [1.54, 1.807) is 0 Å². The Kier molecular flexibility index (Phi) is 11.3. The van der Waals surface area contributed by atoms with Crippen molar-refractivity contribution in [3.05, 3.63) is 169 Å². The Morgan fingerprint density at radius 1 is 0.421 bits per heavy atom. The van der Waals surface area contributed by atoms with Crippen LogP contribution in [0.4, 0.5) is 17.1 Å². The summed E-state index contributed by atoms with van der Waals surface area (Å²) in [7, 11) is 0. The van der Waals surface area contributed by atoms with Crippen LogP contribution >= 0.6 is 0 Å². The zero-order chi connectivity index (χ0) is 40.2. The first kappa shape index (κ1) is 39.1. The maximum absolute atomic E-state index is 6.05. The van der Waals surface area contributed by atoms with E-state index >= 15 is 0 Å². The molecule has 6 aromatic carbocycles. The van der Waals surface area contributed by atoms with Gasteiger partial charge in [-0.05, 0) is 131 Å². The molecular weight excluding hydrogens is 697 g/mol. The maximum atomic E-state index is 6.05. The van der Waals surface area contributed by atoms with Crippen LogP contribution < -0.4 is 14.4 Å². The van der Waals surface area contributed by atoms with E-state index in [4.69, 9.17) is 14.5 Å². The lowest BCUT2D eigenvalue weighted by atomic mass is 9.86. The molecule has 1 heterocycles. The van der Waals surface area contributed by atoms with Crippen LogP contribution in [0.1, 0.15) is 66.5 Å². The number of benzene rings is 6. The van der Waals surface area contributed by atoms with Gasteiger partial charge in [0, 0.05) is 28.2 Å². The van der Waals surface area contributed by atoms with Crippen molar-refractivity contribution in [1.29, 1.82) is 0 Å². The summed E-state index contributed by atoms with van der Waals surface area (Å²) >= 11 is 0. The van der Waals surface area contributed by atoms with E-state index in [2.05, 4.69) is 168 Å². The van der Waals surface area contributed by atoms with Gasteiger partial charge in [0.25, 0.3) is 0 Å². The fourth-order valence-corrected chi connectivity index (χ4v) is 7.22. The minimum atomic E-state index is 0.0843. The number of anilines is 3. The Hall–Kier alpha value is -6.13. The maximum Gasteiger partial charge on any atom is 0.128 e. The Morgan fingerprint density at radius 3 is 1.12 bits per heavy atom. The summed E-state index contributed by atoms with van der Waals surface area (Å²) < 4.78 is 12.1. The van der Waals surface area contributed by atoms with Crippen molar-refractivity contribution in [2.75, 3.05) is 18.1 Å². The Bertz CT molecular complexity index is 2290. The summed E-state index contributed by atoms with van der Waals surface area (Å²) in [6, 6.07) is 56.3. The van der Waals surface area contributed by atoms with Crippen LogP contribution in [-0.2, 0) is 10.8 Å². The van der Waals surface area contributed by atoms with Gasteiger partial charge in [-0.25, -0.2) is 4.98 Å². The van der Waals surface area contributed by atoms with Crippen molar-refractivity contribution in [1.82, 2.24) is 4.98 Å². The smallest absolute Gasteiger partial charge is 0.128 e. The highest BCUT2D eigenvalue weighted by Gasteiger charge is 2.19. The van der Waals surface area contributed by atoms with Crippen molar-refractivity contribution >= 4 is 17.1 Å². The average Bonchev–Trinajstić information content (AvgIpc) is 3.21. The molecule has 0 fully saturated rings. The number of para-hydroxylation sites is 2. The monoisotopic (exact) mass is 750 g/mol. The van der Waals surface area contributed by atoms with Gasteiger partial charge in [-0.1, -0.05) is 126 Å². The molecule has 0 aliphatic heterocycles. The minimum absolute atomic E-state index is 0.0843. The quantitative estimate of drug-likeness (QED) is 0.132. The van der Waals surface area contributed by atoms with Crippen molar-refractivity contribution in [3.63, 3.8) is 0 Å². The topological polar surface area (TPSA) is 34.6 Å². The standard InChI is InChI=1S/C53H54N2O2/c1-9-56-50-17-13-11-15-46(50)48-35-40(36-49(54-48)47-16-12-14-18-51(47)57-10-2)39-21-19-37(20-22-39)38-23-29-43(30-24-38)55(44-31-25-41(26-32-44)52(3,4)5)45-33-27-42(28-34-45)53(6,7)8/h11-36H,9-10H2,1-8H3. The highest BCUT2D eigenvalue weighted by atomic mass is 16.5. The number of rotatable bonds is 11. The molecule has 0 saturated heterocycles. The molecule has 0 spiro atoms. The minimum Gasteiger partial charge on any atom is -0.493 e. The fraction of sp³-hybridized carbons (Fsp3) is 0.226. The second kappa shape index (κ2) is 16.5. The number of aromatic nitrogens is 1. The third-order valence-electron chi connectivity index (χ3n) is 10.4. The number of ether oxygens (including phenoxy) is 2. The van der Waals surface area contributed by atoms with Crippen LogP contribution in [-0.4, -0.2) is 18.2 Å². The average molecular weight is 751 g/mol. The normalized spacial score (nSPS) is 11.6. The number of nitrogens with zero attached hydrogens (tertiary/aromatic N) is 2. The van der Waals surface area contributed by atoms with Crippen LogP contribution in [0.2, 0.25) is 0 Å². The molecule has 7 aromatic rings. The molecule has 0 bridgehead atoms. The molecule has 288 valence electrons. The van der Waals surface area contributed by atoms with Crippen LogP contribution in [0.25, 0.3) is 44.8 Å². The predicted molar refractivity (Wildman–Crippen MR) is 240 cm³/mol. The molecule has 4 nitrogen and oxygen atoms in total. The number of hydrogen-bond acceptors (Lipinski definition) is 4. The Morgan fingerprint density at radius 2 is 0.754 bits per heavy atom. The molecule has 0 N–H and O–H groups in total. The molecular formula is C53H54N2O2. The van der Waals surface area contributed by atoms with Gasteiger partial charge in [-0.3, -0.25) is 0 Å². The van der Waals surface area contributed by atoms with E-state index in [1.165, 1.54) is 11.1 Å². The zero-order valence-corrected chi connectivity index (χ0v) is 34.6. The summed E-state index contributed by atoms with van der Waals surface area (Å²) in [5, 5.41) is 0. The van der Waals surface area contributed by atoms with E-state index in [0.29, 0.717) is 13.2 Å². The van der Waals surface area contributed by atoms with Crippen molar-refractivity contribution in [2.45, 2.75) is 66.2 Å². The van der Waals surface area contributed by atoms with E-state index in [-0.39, 0.29) is 10.8 Å². The van der Waals surface area contributed by atoms with Crippen LogP contribution in [0, 0.1) is 0 Å². The Labute approximate surface area is 339 Å². The third kappa shape index (κ3) is 8.81. The lowest BCUT2D eigenvalue weighted by Crippen LogP contribution is -2.14. The summed E-state index contributed by atoms with van der Waals surface area (Å²) in [6.07, 6.45) is 0. The Balaban J connectivity index is 1.23. The van der Waals surface area contributed by atoms with E-state index in [1.807, 2.05) is 50.2 Å². The van der Waals surface area contributed by atoms with Gasteiger partial charge in [-0.2, -0.15) is 0 Å². The summed E-state index contributed by atoms with van der Waals surface area (Å²) in [4.78, 5) is 7.53. The molecule has 1 aromatic heterocycles. The van der Waals surface area contributed by atoms with Gasteiger partial charge in [-0.15, -0.1) is 0 Å². The van der Waals surface area contributed by atoms with Gasteiger partial charge in [0.05, 0.1) is 24.6 Å². The molecule has 4 heteroatoms. The molecule has 0 unspecified atom stereocenters. The fourth-order valence-electron chi connectivity index (χ4n) is 7.22. The SMILES string of the molecule is CCOc1ccccc1-c1cc(-c2ccc(-c3ccc(N(c4ccc(C(C)(C)C)cc4)c4ccc(C(C)(C)C)cc4)cc3)cc2)cc(-c2ccccc2OCC)n1. The molecule has 0 aliphatic carbocycles. The van der Waals surface area contributed by atoms with E-state index in [9.17, 15) is 0 Å². The van der Waals surface area contributed by atoms with E-state index in [0.717, 1.165) is 73.3 Å². The van der Waals surface area contributed by atoms with Gasteiger partial charge >= 0.3 is 0 Å². The summed E-state index contributed by atoms with van der Waals surface area (Å²) in [5.41, 5.74) is 14.3. The lowest BCUT2D eigenvalue weighted by molar-refractivity contribution is 0.341. The third-order valence-corrected chi connectivity index (χ3v) is 10.4. The molecule has 0 saturated carbocycles. The van der Waals surface area contributed by atoms with Gasteiger partial charge < -0.3 is 14.4 Å². The molecule has 0 atom stereocenters. The first-order chi connectivity index (χ1) is 27.4. The summed E-state index contributed by atoms with van der Waals surface area (Å²) in [5.74, 6) is 1.63. The molecule has 0 radical (unpaired) electrons. The molecule has 57 heavy (non-hydrogen) atoms. The lowest BCUT2D eigenvalue weighted by Gasteiger charge is -2.28. The number of pyridine rings is 1. The van der Waals surface area contributed by atoms with Gasteiger partial charge in [0.2, 0.25) is 0 Å². The summed E-state index contributed by atoms with van der Waals surface area (Å²) in [6.45, 7) is 18.7. The second-order valence-corrected chi connectivity index (χ2v) is 16.5. The van der Waals surface area contributed by atoms with Crippen molar-refractivity contribution in [3.8, 4) is 56.3 Å². The van der Waals surface area contributed by atoms with Crippen molar-refractivity contribution < 1.29 is 9.47 Å². The molecule has 0 amide bonds. The number of hydrogen-bond donors (Lipinski definition) is 0. The largest absolute Gasteiger partial charge is 0.493 e. The van der Waals surface area contributed by atoms with Crippen LogP contribution in [0.15, 0.2) is 158 Å². The van der Waals surface area contributed by atoms with Gasteiger partial charge in [0.1, 0.15) is 11.5 Å². The molecule has 0 aliphatic rings. The predicted octanol–water partition coefficient (Wildman–Crippen LogP) is 14.6. The molecule has 7 rings (SSSR count). The highest BCUT2D eigenvalue weighted by molar-refractivity contribution is 5.82. The van der Waals surface area contributed by atoms with Crippen molar-refractivity contribution in [2.24, 2.45) is 0 Å². The first-order valence-corrected chi connectivity index (χ1v) is 20.1. The van der Waals surface area contributed by atoms with Crippen LogP contribution in [0.3, 0.4) is 0 Å². The van der Waals surface area contributed by atoms with Gasteiger partial charge in [0.15, 0.2) is 0 Å². The van der Waals surface area contributed by atoms with E-state index < -0.39 is 0 Å². The zero-order valence-electron chi connectivity index (χ0n) is 34.6.